The van der Waals surface area contributed by atoms with Crippen LogP contribution in [-0.4, -0.2) is 28.3 Å². The Kier molecular flexibility index (Phi) is 6.62. The summed E-state index contributed by atoms with van der Waals surface area (Å²) in [5, 5.41) is 0.717. The monoisotopic (exact) mass is 254 g/mol. The minimum Gasteiger partial charge on any atom is -0.462 e. The van der Waals surface area contributed by atoms with Gasteiger partial charge in [0.1, 0.15) is 0 Å². The normalized spacial score (nSPS) is 10.2. The average molecular weight is 254 g/mol. The molecule has 0 radical (unpaired) electrons. The number of thioether (sulfide) groups is 1. The van der Waals surface area contributed by atoms with Crippen molar-refractivity contribution < 1.29 is 9.53 Å². The second-order valence-electron chi connectivity index (χ2n) is 3.53. The van der Waals surface area contributed by atoms with Crippen LogP contribution >= 0.6 is 11.8 Å². The molecule has 0 atom stereocenters. The number of rotatable bonds is 7. The fraction of sp³-hybridized carbons (Fsp3) is 0.583. The summed E-state index contributed by atoms with van der Waals surface area (Å²) in [6.07, 6.45) is 6.65. The van der Waals surface area contributed by atoms with Crippen molar-refractivity contribution in [1.29, 1.82) is 0 Å². The minimum absolute atomic E-state index is 0.366. The van der Waals surface area contributed by atoms with Crippen molar-refractivity contribution in [2.24, 2.45) is 0 Å². The molecule has 1 aromatic rings. The lowest BCUT2D eigenvalue weighted by Gasteiger charge is -2.02. The van der Waals surface area contributed by atoms with E-state index in [1.165, 1.54) is 31.7 Å². The Hall–Kier alpha value is -1.10. The van der Waals surface area contributed by atoms with Crippen LogP contribution in [0.1, 0.15) is 43.5 Å². The number of carbonyl (C=O) groups excluding carboxylic acids is 1. The van der Waals surface area contributed by atoms with Gasteiger partial charge >= 0.3 is 5.97 Å². The molecular formula is C12H18N2O2S. The van der Waals surface area contributed by atoms with Crippen LogP contribution in [0, 0.1) is 0 Å². The average Bonchev–Trinajstić information content (AvgIpc) is 2.36. The van der Waals surface area contributed by atoms with Gasteiger partial charge in [-0.25, -0.2) is 14.8 Å². The molecule has 94 valence electrons. The summed E-state index contributed by atoms with van der Waals surface area (Å²) in [5.41, 5.74) is 0.407. The van der Waals surface area contributed by atoms with Crippen molar-refractivity contribution in [3.05, 3.63) is 18.0 Å². The molecule has 0 unspecified atom stereocenters. The first-order valence-electron chi connectivity index (χ1n) is 5.89. The van der Waals surface area contributed by atoms with Crippen molar-refractivity contribution in [3.8, 4) is 0 Å². The highest BCUT2D eigenvalue weighted by molar-refractivity contribution is 7.99. The molecule has 0 saturated heterocycles. The molecule has 0 bridgehead atoms. The van der Waals surface area contributed by atoms with Crippen LogP contribution in [0.25, 0.3) is 0 Å². The third-order valence-corrected chi connectivity index (χ3v) is 3.08. The van der Waals surface area contributed by atoms with Crippen LogP contribution in [0.3, 0.4) is 0 Å². The summed E-state index contributed by atoms with van der Waals surface area (Å²) in [7, 11) is 0. The van der Waals surface area contributed by atoms with Crippen molar-refractivity contribution in [1.82, 2.24) is 9.97 Å². The summed E-state index contributed by atoms with van der Waals surface area (Å²) >= 11 is 1.62. The molecule has 0 fully saturated rings. The van der Waals surface area contributed by atoms with Crippen LogP contribution in [0.15, 0.2) is 17.6 Å². The molecular weight excluding hydrogens is 236 g/mol. The molecule has 1 aromatic heterocycles. The number of ether oxygens (including phenoxy) is 1. The Bertz CT molecular complexity index is 341. The van der Waals surface area contributed by atoms with E-state index in [0.29, 0.717) is 17.3 Å². The predicted molar refractivity (Wildman–Crippen MR) is 68.2 cm³/mol. The molecule has 4 nitrogen and oxygen atoms in total. The molecule has 0 aliphatic rings. The molecule has 17 heavy (non-hydrogen) atoms. The van der Waals surface area contributed by atoms with Crippen LogP contribution < -0.4 is 0 Å². The first-order valence-corrected chi connectivity index (χ1v) is 6.88. The molecule has 0 amide bonds. The minimum atomic E-state index is -0.366. The highest BCUT2D eigenvalue weighted by Crippen LogP contribution is 2.14. The van der Waals surface area contributed by atoms with Crippen molar-refractivity contribution in [2.45, 2.75) is 38.3 Å². The fourth-order valence-electron chi connectivity index (χ4n) is 1.23. The summed E-state index contributed by atoms with van der Waals surface area (Å²) < 4.78 is 4.86. The van der Waals surface area contributed by atoms with Crippen molar-refractivity contribution >= 4 is 17.7 Å². The van der Waals surface area contributed by atoms with Gasteiger partial charge in [0.05, 0.1) is 12.2 Å². The van der Waals surface area contributed by atoms with E-state index in [2.05, 4.69) is 16.9 Å². The zero-order valence-electron chi connectivity index (χ0n) is 10.3. The Labute approximate surface area is 106 Å². The second kappa shape index (κ2) is 8.06. The van der Waals surface area contributed by atoms with Gasteiger partial charge < -0.3 is 4.74 Å². The lowest BCUT2D eigenvalue weighted by Crippen LogP contribution is -2.06. The maximum absolute atomic E-state index is 11.3. The summed E-state index contributed by atoms with van der Waals surface area (Å²) in [6, 6.07) is 0. The van der Waals surface area contributed by atoms with E-state index in [-0.39, 0.29) is 5.97 Å². The number of aromatic nitrogens is 2. The van der Waals surface area contributed by atoms with Gasteiger partial charge in [0.15, 0.2) is 5.16 Å². The zero-order chi connectivity index (χ0) is 12.5. The number of carbonyl (C=O) groups is 1. The largest absolute Gasteiger partial charge is 0.462 e. The predicted octanol–water partition coefficient (Wildman–Crippen LogP) is 2.94. The molecule has 0 spiro atoms. The van der Waals surface area contributed by atoms with Crippen LogP contribution in [0.5, 0.6) is 0 Å². The topological polar surface area (TPSA) is 52.1 Å². The van der Waals surface area contributed by atoms with Gasteiger partial charge in [-0.05, 0) is 13.3 Å². The van der Waals surface area contributed by atoms with E-state index < -0.39 is 0 Å². The Balaban J connectivity index is 2.42. The Morgan fingerprint density at radius 3 is 2.59 bits per heavy atom. The molecule has 0 N–H and O–H groups in total. The smallest absolute Gasteiger partial charge is 0.341 e. The number of nitrogens with zero attached hydrogens (tertiary/aromatic N) is 2. The van der Waals surface area contributed by atoms with Gasteiger partial charge in [-0.3, -0.25) is 0 Å². The molecule has 0 aromatic carbocycles. The number of hydrogen-bond donors (Lipinski definition) is 0. The highest BCUT2D eigenvalue weighted by Gasteiger charge is 2.07. The molecule has 1 heterocycles. The van der Waals surface area contributed by atoms with E-state index in [0.717, 1.165) is 5.75 Å². The molecule has 1 rings (SSSR count). The molecule has 0 saturated carbocycles. The SMILES string of the molecule is CCCCCSc1ncc(C(=O)OCC)cn1. The first-order chi connectivity index (χ1) is 8.27. The standard InChI is InChI=1S/C12H18N2O2S/c1-3-5-6-7-17-12-13-8-10(9-14-12)11(15)16-4-2/h8-9H,3-7H2,1-2H3. The molecule has 0 aliphatic carbocycles. The van der Waals surface area contributed by atoms with Crippen LogP contribution in [-0.2, 0) is 4.74 Å². The van der Waals surface area contributed by atoms with Gasteiger partial charge in [-0.15, -0.1) is 0 Å². The summed E-state index contributed by atoms with van der Waals surface area (Å²) in [5.74, 6) is 0.655. The highest BCUT2D eigenvalue weighted by atomic mass is 32.2. The van der Waals surface area contributed by atoms with Gasteiger partial charge in [0, 0.05) is 18.1 Å². The summed E-state index contributed by atoms with van der Waals surface area (Å²) in [4.78, 5) is 19.6. The number of hydrogen-bond acceptors (Lipinski definition) is 5. The maximum Gasteiger partial charge on any atom is 0.341 e. The van der Waals surface area contributed by atoms with Gasteiger partial charge in [0.2, 0.25) is 0 Å². The summed E-state index contributed by atoms with van der Waals surface area (Å²) in [6.45, 7) is 4.32. The number of esters is 1. The second-order valence-corrected chi connectivity index (χ2v) is 4.59. The van der Waals surface area contributed by atoms with E-state index in [1.54, 1.807) is 18.7 Å². The first kappa shape index (κ1) is 14.0. The van der Waals surface area contributed by atoms with Gasteiger partial charge in [-0.2, -0.15) is 0 Å². The molecule has 5 heteroatoms. The van der Waals surface area contributed by atoms with E-state index in [4.69, 9.17) is 4.74 Å². The maximum atomic E-state index is 11.3. The lowest BCUT2D eigenvalue weighted by molar-refractivity contribution is 0.0525. The van der Waals surface area contributed by atoms with Crippen molar-refractivity contribution in [2.75, 3.05) is 12.4 Å². The number of unbranched alkanes of at least 4 members (excludes halogenated alkanes) is 2. The van der Waals surface area contributed by atoms with Gasteiger partial charge in [-0.1, -0.05) is 31.5 Å². The van der Waals surface area contributed by atoms with E-state index >= 15 is 0 Å². The van der Waals surface area contributed by atoms with Crippen LogP contribution in [0.2, 0.25) is 0 Å². The van der Waals surface area contributed by atoms with E-state index in [1.807, 2.05) is 0 Å². The third kappa shape index (κ3) is 5.17. The quantitative estimate of drug-likeness (QED) is 0.324. The third-order valence-electron chi connectivity index (χ3n) is 2.12. The lowest BCUT2D eigenvalue weighted by atomic mass is 10.3. The fourth-order valence-corrected chi connectivity index (χ4v) is 2.01. The molecule has 0 aliphatic heterocycles. The van der Waals surface area contributed by atoms with E-state index in [9.17, 15) is 4.79 Å². The van der Waals surface area contributed by atoms with Crippen LogP contribution in [0.4, 0.5) is 0 Å². The van der Waals surface area contributed by atoms with Gasteiger partial charge in [0.25, 0.3) is 0 Å². The Morgan fingerprint density at radius 1 is 1.29 bits per heavy atom. The van der Waals surface area contributed by atoms with Crippen molar-refractivity contribution in [3.63, 3.8) is 0 Å². The Morgan fingerprint density at radius 2 is 2.00 bits per heavy atom. The zero-order valence-corrected chi connectivity index (χ0v) is 11.1.